The van der Waals surface area contributed by atoms with Gasteiger partial charge in [0.05, 0.1) is 6.10 Å². The summed E-state index contributed by atoms with van der Waals surface area (Å²) in [5, 5.41) is 5.54. The minimum Gasteiger partial charge on any atom is -0.364 e. The van der Waals surface area contributed by atoms with Gasteiger partial charge in [-0.1, -0.05) is 12.1 Å². The second-order valence-corrected chi connectivity index (χ2v) is 6.44. The van der Waals surface area contributed by atoms with Crippen LogP contribution in [0.25, 0.3) is 0 Å². The van der Waals surface area contributed by atoms with Gasteiger partial charge in [0, 0.05) is 24.3 Å². The third kappa shape index (κ3) is 5.76. The lowest BCUT2D eigenvalue weighted by Gasteiger charge is -2.13. The molecule has 1 aliphatic rings. The summed E-state index contributed by atoms with van der Waals surface area (Å²) in [4.78, 5) is 24.3. The first-order valence-corrected chi connectivity index (χ1v) is 8.84. The summed E-state index contributed by atoms with van der Waals surface area (Å²) >= 11 is 0. The summed E-state index contributed by atoms with van der Waals surface area (Å²) in [6.45, 7) is 0.775. The Morgan fingerprint density at radius 1 is 1.07 bits per heavy atom. The second-order valence-electron chi connectivity index (χ2n) is 6.44. The number of amides is 2. The molecule has 0 radical (unpaired) electrons. The molecule has 0 bridgehead atoms. The second kappa shape index (κ2) is 10.2. The maximum atomic E-state index is 12.9. The van der Waals surface area contributed by atoms with Crippen LogP contribution < -0.4 is 16.4 Å². The Bertz CT molecular complexity index is 799. The first-order chi connectivity index (χ1) is 13.0. The molecular formula is C20H23ClFN3O3. The molecule has 0 aliphatic carbocycles. The van der Waals surface area contributed by atoms with Crippen LogP contribution >= 0.6 is 12.4 Å². The zero-order valence-electron chi connectivity index (χ0n) is 15.2. The van der Waals surface area contributed by atoms with Gasteiger partial charge in [0.1, 0.15) is 11.9 Å². The van der Waals surface area contributed by atoms with E-state index in [1.165, 1.54) is 24.3 Å². The molecule has 0 aromatic heterocycles. The van der Waals surface area contributed by atoms with E-state index in [1.807, 2.05) is 0 Å². The lowest BCUT2D eigenvalue weighted by molar-refractivity contribution is -0.132. The Hall–Kier alpha value is -2.48. The van der Waals surface area contributed by atoms with Crippen LogP contribution in [0.5, 0.6) is 0 Å². The number of hydrogen-bond donors (Lipinski definition) is 3. The van der Waals surface area contributed by atoms with Crippen molar-refractivity contribution < 1.29 is 18.7 Å². The van der Waals surface area contributed by atoms with Crippen LogP contribution in [0, 0.1) is 5.82 Å². The van der Waals surface area contributed by atoms with Crippen LogP contribution in [-0.2, 0) is 16.1 Å². The lowest BCUT2D eigenvalue weighted by atomic mass is 10.1. The summed E-state index contributed by atoms with van der Waals surface area (Å²) in [5.74, 6) is -0.797. The van der Waals surface area contributed by atoms with Crippen LogP contribution in [0.1, 0.15) is 28.8 Å². The van der Waals surface area contributed by atoms with Crippen molar-refractivity contribution in [3.63, 3.8) is 0 Å². The summed E-state index contributed by atoms with van der Waals surface area (Å²) in [7, 11) is 0. The third-order valence-electron chi connectivity index (χ3n) is 4.45. The van der Waals surface area contributed by atoms with E-state index in [4.69, 9.17) is 10.5 Å². The highest BCUT2D eigenvalue weighted by atomic mass is 35.5. The molecule has 1 heterocycles. The summed E-state index contributed by atoms with van der Waals surface area (Å²) in [6, 6.07) is 12.5. The number of ether oxygens (including phenoxy) is 1. The van der Waals surface area contributed by atoms with Gasteiger partial charge in [-0.3, -0.25) is 9.59 Å². The van der Waals surface area contributed by atoms with Crippen LogP contribution in [0.3, 0.4) is 0 Å². The molecule has 2 aromatic rings. The minimum absolute atomic E-state index is 0. The van der Waals surface area contributed by atoms with Crippen molar-refractivity contribution in [2.45, 2.75) is 31.6 Å². The molecule has 4 N–H and O–H groups in total. The number of halogens is 2. The average molecular weight is 408 g/mol. The molecule has 3 rings (SSSR count). The van der Waals surface area contributed by atoms with E-state index >= 15 is 0 Å². The first-order valence-electron chi connectivity index (χ1n) is 8.84. The third-order valence-corrected chi connectivity index (χ3v) is 4.45. The van der Waals surface area contributed by atoms with E-state index in [0.717, 1.165) is 12.0 Å². The normalized spacial score (nSPS) is 18.2. The molecule has 28 heavy (non-hydrogen) atoms. The van der Waals surface area contributed by atoms with Crippen molar-refractivity contribution in [1.82, 2.24) is 5.32 Å². The molecule has 0 saturated carbocycles. The number of hydrogen-bond acceptors (Lipinski definition) is 4. The fourth-order valence-electron chi connectivity index (χ4n) is 2.89. The molecule has 6 nitrogen and oxygen atoms in total. The van der Waals surface area contributed by atoms with Crippen molar-refractivity contribution in [3.8, 4) is 0 Å². The SMILES string of the molecule is Cl.NC[C@H]1CC[C@@H](C(=O)NCc2ccc(C(=O)Nc3ccc(F)cc3)cc2)O1. The zero-order chi connectivity index (χ0) is 19.2. The molecule has 0 unspecified atom stereocenters. The van der Waals surface area contributed by atoms with E-state index in [1.54, 1.807) is 24.3 Å². The molecule has 2 amide bonds. The summed E-state index contributed by atoms with van der Waals surface area (Å²) < 4.78 is 18.5. The number of nitrogens with one attached hydrogen (secondary N) is 2. The topological polar surface area (TPSA) is 93.5 Å². The van der Waals surface area contributed by atoms with E-state index in [0.29, 0.717) is 30.8 Å². The molecule has 150 valence electrons. The molecule has 2 atom stereocenters. The summed E-state index contributed by atoms with van der Waals surface area (Å²) in [6.07, 6.45) is 0.988. The van der Waals surface area contributed by atoms with E-state index in [9.17, 15) is 14.0 Å². The fourth-order valence-corrected chi connectivity index (χ4v) is 2.89. The number of anilines is 1. The van der Waals surface area contributed by atoms with Crippen molar-refractivity contribution in [2.24, 2.45) is 5.73 Å². The lowest BCUT2D eigenvalue weighted by Crippen LogP contribution is -2.35. The highest BCUT2D eigenvalue weighted by Crippen LogP contribution is 2.19. The van der Waals surface area contributed by atoms with Crippen molar-refractivity contribution in [3.05, 3.63) is 65.5 Å². The van der Waals surface area contributed by atoms with Gasteiger partial charge in [-0.25, -0.2) is 4.39 Å². The fraction of sp³-hybridized carbons (Fsp3) is 0.300. The molecule has 8 heteroatoms. The smallest absolute Gasteiger partial charge is 0.255 e. The number of carbonyl (C=O) groups excluding carboxylic acids is 2. The van der Waals surface area contributed by atoms with E-state index < -0.39 is 6.10 Å². The van der Waals surface area contributed by atoms with Crippen LogP contribution in [0.15, 0.2) is 48.5 Å². The Kier molecular flexibility index (Phi) is 7.92. The van der Waals surface area contributed by atoms with Crippen molar-refractivity contribution >= 4 is 29.9 Å². The predicted octanol–water partition coefficient (Wildman–Crippen LogP) is 2.62. The quantitative estimate of drug-likeness (QED) is 0.686. The summed E-state index contributed by atoms with van der Waals surface area (Å²) in [5.41, 5.74) is 7.41. The number of carbonyl (C=O) groups is 2. The van der Waals surface area contributed by atoms with Gasteiger partial charge < -0.3 is 21.1 Å². The largest absolute Gasteiger partial charge is 0.364 e. The molecule has 1 aliphatic heterocycles. The van der Waals surface area contributed by atoms with Crippen molar-refractivity contribution in [1.29, 1.82) is 0 Å². The zero-order valence-corrected chi connectivity index (χ0v) is 16.0. The van der Waals surface area contributed by atoms with Gasteiger partial charge in [-0.15, -0.1) is 12.4 Å². The Balaban J connectivity index is 0.00000280. The maximum absolute atomic E-state index is 12.9. The van der Waals surface area contributed by atoms with Gasteiger partial charge in [0.25, 0.3) is 5.91 Å². The van der Waals surface area contributed by atoms with Crippen LogP contribution in [0.4, 0.5) is 10.1 Å². The van der Waals surface area contributed by atoms with Gasteiger partial charge in [-0.05, 0) is 54.8 Å². The highest BCUT2D eigenvalue weighted by Gasteiger charge is 2.29. The highest BCUT2D eigenvalue weighted by molar-refractivity contribution is 6.04. The first kappa shape index (κ1) is 21.8. The molecule has 1 saturated heterocycles. The number of rotatable bonds is 6. The standard InChI is InChI=1S/C20H22FN3O3.ClH/c21-15-5-7-16(8-6-15)24-19(25)14-3-1-13(2-4-14)12-23-20(26)18-10-9-17(11-22)27-18;/h1-8,17-18H,9-12,22H2,(H,23,26)(H,24,25);1H/t17-,18+;/m1./s1. The molecule has 2 aromatic carbocycles. The van der Waals surface area contributed by atoms with E-state index in [2.05, 4.69) is 10.6 Å². The Morgan fingerprint density at radius 3 is 2.36 bits per heavy atom. The molecular weight excluding hydrogens is 385 g/mol. The van der Waals surface area contributed by atoms with Crippen LogP contribution in [0.2, 0.25) is 0 Å². The number of nitrogens with two attached hydrogens (primary N) is 1. The van der Waals surface area contributed by atoms with Gasteiger partial charge in [-0.2, -0.15) is 0 Å². The van der Waals surface area contributed by atoms with Crippen LogP contribution in [-0.4, -0.2) is 30.6 Å². The minimum atomic E-state index is -0.445. The maximum Gasteiger partial charge on any atom is 0.255 e. The monoisotopic (exact) mass is 407 g/mol. The number of benzene rings is 2. The Morgan fingerprint density at radius 2 is 1.75 bits per heavy atom. The Labute approximate surface area is 169 Å². The van der Waals surface area contributed by atoms with Gasteiger partial charge in [0.2, 0.25) is 5.91 Å². The van der Waals surface area contributed by atoms with Gasteiger partial charge in [0.15, 0.2) is 0 Å². The van der Waals surface area contributed by atoms with Gasteiger partial charge >= 0.3 is 0 Å². The van der Waals surface area contributed by atoms with E-state index in [-0.39, 0.29) is 36.1 Å². The molecule has 1 fully saturated rings. The average Bonchev–Trinajstić information content (AvgIpc) is 3.17. The molecule has 0 spiro atoms. The van der Waals surface area contributed by atoms with Crippen molar-refractivity contribution in [2.75, 3.05) is 11.9 Å². The predicted molar refractivity (Wildman–Crippen MR) is 107 cm³/mol.